The van der Waals surface area contributed by atoms with Crippen LogP contribution in [0.5, 0.6) is 0 Å². The molecule has 12 heavy (non-hydrogen) atoms. The zero-order valence-electron chi connectivity index (χ0n) is 7.36. The molecule has 0 bridgehead atoms. The molecule has 0 radical (unpaired) electrons. The van der Waals surface area contributed by atoms with Gasteiger partial charge in [-0.1, -0.05) is 6.92 Å². The van der Waals surface area contributed by atoms with Crippen LogP contribution in [0.3, 0.4) is 0 Å². The minimum Gasteiger partial charge on any atom is -0.212 e. The van der Waals surface area contributed by atoms with Crippen LogP contribution in [0.15, 0.2) is 0 Å². The highest BCUT2D eigenvalue weighted by atomic mass is 32.2. The second-order valence-corrected chi connectivity index (χ2v) is 6.16. The van der Waals surface area contributed by atoms with Crippen LogP contribution in [-0.4, -0.2) is 31.6 Å². The first-order valence-corrected chi connectivity index (χ1v) is 6.16. The van der Waals surface area contributed by atoms with Crippen LogP contribution in [0.25, 0.3) is 0 Å². The summed E-state index contributed by atoms with van der Waals surface area (Å²) in [4.78, 5) is 0. The summed E-state index contributed by atoms with van der Waals surface area (Å²) in [6, 6.07) is 0. The second kappa shape index (κ2) is 2.70. The Kier molecular flexibility index (Phi) is 1.92. The van der Waals surface area contributed by atoms with E-state index in [9.17, 15) is 8.42 Å². The topological polar surface area (TPSA) is 37.4 Å². The third kappa shape index (κ3) is 1.64. The van der Waals surface area contributed by atoms with E-state index in [0.29, 0.717) is 17.6 Å². The third-order valence-electron chi connectivity index (χ3n) is 2.56. The van der Waals surface area contributed by atoms with Gasteiger partial charge >= 0.3 is 0 Å². The van der Waals surface area contributed by atoms with Gasteiger partial charge in [0.15, 0.2) is 0 Å². The van der Waals surface area contributed by atoms with Crippen molar-refractivity contribution in [2.24, 2.45) is 11.8 Å². The molecule has 0 aromatic rings. The maximum Gasteiger partial charge on any atom is 0.214 e. The van der Waals surface area contributed by atoms with Crippen molar-refractivity contribution >= 4 is 10.0 Å². The molecular weight excluding hydrogens is 174 g/mol. The van der Waals surface area contributed by atoms with Gasteiger partial charge in [0.05, 0.1) is 5.75 Å². The van der Waals surface area contributed by atoms with E-state index in [-0.39, 0.29) is 0 Å². The Morgan fingerprint density at radius 1 is 1.42 bits per heavy atom. The van der Waals surface area contributed by atoms with Gasteiger partial charge in [0.2, 0.25) is 10.0 Å². The van der Waals surface area contributed by atoms with E-state index >= 15 is 0 Å². The average molecular weight is 189 g/mol. The number of hydrogen-bond donors (Lipinski definition) is 0. The highest BCUT2D eigenvalue weighted by Crippen LogP contribution is 2.32. The van der Waals surface area contributed by atoms with Crippen molar-refractivity contribution < 1.29 is 8.42 Å². The van der Waals surface area contributed by atoms with Crippen molar-refractivity contribution in [1.82, 2.24) is 4.31 Å². The lowest BCUT2D eigenvalue weighted by molar-refractivity contribution is 0.399. The van der Waals surface area contributed by atoms with E-state index < -0.39 is 10.0 Å². The summed E-state index contributed by atoms with van der Waals surface area (Å²) in [5, 5.41) is 0. The fraction of sp³-hybridized carbons (Fsp3) is 1.00. The Hall–Kier alpha value is -0.0900. The maximum absolute atomic E-state index is 11.5. The molecule has 0 unspecified atom stereocenters. The number of sulfonamides is 1. The highest BCUT2D eigenvalue weighted by molar-refractivity contribution is 7.89. The van der Waals surface area contributed by atoms with Gasteiger partial charge in [-0.3, -0.25) is 0 Å². The molecule has 1 heterocycles. The molecule has 1 saturated carbocycles. The molecule has 0 spiro atoms. The lowest BCUT2D eigenvalue weighted by Crippen LogP contribution is -2.27. The normalized spacial score (nSPS) is 35.6. The molecule has 0 aromatic heterocycles. The van der Waals surface area contributed by atoms with E-state index in [2.05, 4.69) is 0 Å². The van der Waals surface area contributed by atoms with Gasteiger partial charge in [-0.05, 0) is 24.7 Å². The largest absolute Gasteiger partial charge is 0.214 e. The molecule has 0 aromatic carbocycles. The van der Waals surface area contributed by atoms with Crippen LogP contribution < -0.4 is 0 Å². The van der Waals surface area contributed by atoms with Gasteiger partial charge < -0.3 is 0 Å². The predicted octanol–water partition coefficient (Wildman–Crippen LogP) is 0.678. The van der Waals surface area contributed by atoms with Crippen molar-refractivity contribution in [3.05, 3.63) is 0 Å². The number of rotatable bonds is 2. The summed E-state index contributed by atoms with van der Waals surface area (Å²) in [5.74, 6) is 1.36. The van der Waals surface area contributed by atoms with Crippen LogP contribution >= 0.6 is 0 Å². The first-order chi connectivity index (χ1) is 5.58. The van der Waals surface area contributed by atoms with E-state index in [4.69, 9.17) is 0 Å². The molecule has 2 fully saturated rings. The Morgan fingerprint density at radius 3 is 2.50 bits per heavy atom. The first-order valence-electron chi connectivity index (χ1n) is 4.56. The van der Waals surface area contributed by atoms with E-state index in [0.717, 1.165) is 13.1 Å². The summed E-state index contributed by atoms with van der Waals surface area (Å²) < 4.78 is 24.6. The number of nitrogens with zero attached hydrogens (tertiary/aromatic N) is 1. The lowest BCUT2D eigenvalue weighted by Gasteiger charge is -2.12. The molecule has 3 nitrogen and oxygen atoms in total. The van der Waals surface area contributed by atoms with Gasteiger partial charge in [-0.25, -0.2) is 12.7 Å². The summed E-state index contributed by atoms with van der Waals surface area (Å²) in [7, 11) is -2.86. The van der Waals surface area contributed by atoms with Crippen molar-refractivity contribution in [2.75, 3.05) is 18.8 Å². The van der Waals surface area contributed by atoms with E-state index in [1.165, 1.54) is 12.8 Å². The summed E-state index contributed by atoms with van der Waals surface area (Å²) in [6.45, 7) is 3.54. The molecule has 1 saturated heterocycles. The fourth-order valence-electron chi connectivity index (χ4n) is 1.76. The van der Waals surface area contributed by atoms with Crippen molar-refractivity contribution in [3.8, 4) is 0 Å². The second-order valence-electron chi connectivity index (χ2n) is 4.14. The standard InChI is InChI=1S/C8H15NO2S/c1-7-4-9(5-8-2-3-8)12(10,11)6-7/h7-8H,2-6H2,1H3/t7-/m1/s1. The van der Waals surface area contributed by atoms with Gasteiger partial charge in [0.1, 0.15) is 0 Å². The zero-order chi connectivity index (χ0) is 8.77. The molecule has 1 aliphatic carbocycles. The van der Waals surface area contributed by atoms with Gasteiger partial charge in [-0.15, -0.1) is 0 Å². The van der Waals surface area contributed by atoms with Crippen molar-refractivity contribution in [1.29, 1.82) is 0 Å². The summed E-state index contributed by atoms with van der Waals surface area (Å²) in [5.41, 5.74) is 0. The minimum absolute atomic E-state index is 0.328. The molecule has 0 N–H and O–H groups in total. The lowest BCUT2D eigenvalue weighted by atomic mass is 10.2. The smallest absolute Gasteiger partial charge is 0.212 e. The van der Waals surface area contributed by atoms with Crippen LogP contribution in [-0.2, 0) is 10.0 Å². The fourth-order valence-corrected chi connectivity index (χ4v) is 3.71. The predicted molar refractivity (Wildman–Crippen MR) is 47.2 cm³/mol. The Balaban J connectivity index is 2.03. The maximum atomic E-state index is 11.5. The molecule has 0 amide bonds. The SMILES string of the molecule is C[C@@H]1CN(CC2CC2)S(=O)(=O)C1. The van der Waals surface area contributed by atoms with Crippen molar-refractivity contribution in [2.45, 2.75) is 19.8 Å². The Bertz CT molecular complexity index is 269. The van der Waals surface area contributed by atoms with Gasteiger partial charge in [0.25, 0.3) is 0 Å². The minimum atomic E-state index is -2.86. The van der Waals surface area contributed by atoms with Crippen LogP contribution in [0.4, 0.5) is 0 Å². The molecule has 70 valence electrons. The Labute approximate surface area is 73.8 Å². The molecule has 2 aliphatic rings. The molecule has 4 heteroatoms. The van der Waals surface area contributed by atoms with Crippen LogP contribution in [0, 0.1) is 11.8 Å². The van der Waals surface area contributed by atoms with Gasteiger partial charge in [0, 0.05) is 13.1 Å². The molecule has 1 aliphatic heterocycles. The Morgan fingerprint density at radius 2 is 2.08 bits per heavy atom. The van der Waals surface area contributed by atoms with E-state index in [1.54, 1.807) is 4.31 Å². The van der Waals surface area contributed by atoms with E-state index in [1.807, 2.05) is 6.92 Å². The third-order valence-corrected chi connectivity index (χ3v) is 4.64. The monoisotopic (exact) mass is 189 g/mol. The highest BCUT2D eigenvalue weighted by Gasteiger charge is 2.36. The van der Waals surface area contributed by atoms with Crippen molar-refractivity contribution in [3.63, 3.8) is 0 Å². The molecule has 1 atom stereocenters. The molecular formula is C8H15NO2S. The van der Waals surface area contributed by atoms with Crippen LogP contribution in [0.2, 0.25) is 0 Å². The average Bonchev–Trinajstić information content (AvgIpc) is 2.63. The molecule has 2 rings (SSSR count). The first kappa shape index (κ1) is 8.51. The quantitative estimate of drug-likeness (QED) is 0.640. The van der Waals surface area contributed by atoms with Crippen LogP contribution in [0.1, 0.15) is 19.8 Å². The summed E-state index contributed by atoms with van der Waals surface area (Å²) >= 11 is 0. The summed E-state index contributed by atoms with van der Waals surface area (Å²) in [6.07, 6.45) is 2.45. The zero-order valence-corrected chi connectivity index (χ0v) is 8.18. The van der Waals surface area contributed by atoms with Gasteiger partial charge in [-0.2, -0.15) is 0 Å². The number of hydrogen-bond acceptors (Lipinski definition) is 2.